The molecular weight excluding hydrogens is 230 g/mol. The van der Waals surface area contributed by atoms with Crippen molar-refractivity contribution in [2.75, 3.05) is 20.6 Å². The van der Waals surface area contributed by atoms with Gasteiger partial charge in [-0.2, -0.15) is 0 Å². The Labute approximate surface area is 109 Å². The van der Waals surface area contributed by atoms with E-state index >= 15 is 0 Å². The summed E-state index contributed by atoms with van der Waals surface area (Å²) in [5, 5.41) is 2.59. The number of nitrogens with two attached hydrogens (primary N) is 1. The molecule has 1 saturated carbocycles. The van der Waals surface area contributed by atoms with Crippen molar-refractivity contribution in [1.29, 1.82) is 0 Å². The highest BCUT2D eigenvalue weighted by molar-refractivity contribution is 5.87. The quantitative estimate of drug-likeness (QED) is 0.767. The van der Waals surface area contributed by atoms with Gasteiger partial charge in [-0.25, -0.2) is 0 Å². The second kappa shape index (κ2) is 6.18. The number of carbonyl (C=O) groups is 2. The molecule has 0 aliphatic heterocycles. The Morgan fingerprint density at radius 1 is 1.33 bits per heavy atom. The van der Waals surface area contributed by atoms with Gasteiger partial charge in [0.05, 0.1) is 11.5 Å². The van der Waals surface area contributed by atoms with Crippen LogP contribution in [-0.2, 0) is 9.59 Å². The number of amides is 2. The zero-order valence-corrected chi connectivity index (χ0v) is 11.7. The predicted octanol–water partition coefficient (Wildman–Crippen LogP) is 0.489. The van der Waals surface area contributed by atoms with Gasteiger partial charge in [0.25, 0.3) is 0 Å². The van der Waals surface area contributed by atoms with Gasteiger partial charge < -0.3 is 16.0 Å². The van der Waals surface area contributed by atoms with Crippen molar-refractivity contribution in [3.63, 3.8) is 0 Å². The summed E-state index contributed by atoms with van der Waals surface area (Å²) in [4.78, 5) is 25.4. The van der Waals surface area contributed by atoms with Crippen LogP contribution in [0.15, 0.2) is 0 Å². The van der Waals surface area contributed by atoms with Crippen LogP contribution in [-0.4, -0.2) is 42.9 Å². The van der Waals surface area contributed by atoms with Crippen molar-refractivity contribution in [2.24, 2.45) is 11.7 Å². The predicted molar refractivity (Wildman–Crippen MR) is 70.9 cm³/mol. The second-order valence-corrected chi connectivity index (χ2v) is 5.42. The number of nitrogens with one attached hydrogen (secondary N) is 1. The lowest BCUT2D eigenvalue weighted by Crippen LogP contribution is -2.56. The van der Waals surface area contributed by atoms with Gasteiger partial charge in [-0.15, -0.1) is 0 Å². The fourth-order valence-electron chi connectivity index (χ4n) is 2.60. The third-order valence-corrected chi connectivity index (χ3v) is 3.76. The Hall–Kier alpha value is -1.10. The maximum Gasteiger partial charge on any atom is 0.242 e. The molecule has 0 saturated heterocycles. The highest BCUT2D eigenvalue weighted by atomic mass is 16.2. The Morgan fingerprint density at radius 3 is 2.39 bits per heavy atom. The SMILES string of the molecule is CNC(=O)C(C)CN(C)C(=O)C1(N)CCCCC1. The summed E-state index contributed by atoms with van der Waals surface area (Å²) in [6, 6.07) is 0. The minimum atomic E-state index is -0.713. The van der Waals surface area contributed by atoms with Crippen LogP contribution in [0, 0.1) is 5.92 Å². The summed E-state index contributed by atoms with van der Waals surface area (Å²) >= 11 is 0. The van der Waals surface area contributed by atoms with E-state index in [1.807, 2.05) is 6.92 Å². The van der Waals surface area contributed by atoms with Crippen molar-refractivity contribution in [1.82, 2.24) is 10.2 Å². The summed E-state index contributed by atoms with van der Waals surface area (Å²) < 4.78 is 0. The van der Waals surface area contributed by atoms with E-state index in [0.717, 1.165) is 32.1 Å². The average Bonchev–Trinajstić information content (AvgIpc) is 2.37. The molecule has 104 valence electrons. The first kappa shape index (κ1) is 15.0. The van der Waals surface area contributed by atoms with E-state index in [9.17, 15) is 9.59 Å². The zero-order chi connectivity index (χ0) is 13.8. The molecular formula is C13H25N3O2. The normalized spacial score (nSPS) is 20.0. The van der Waals surface area contributed by atoms with Gasteiger partial charge in [-0.05, 0) is 12.8 Å². The molecule has 1 unspecified atom stereocenters. The highest BCUT2D eigenvalue weighted by Crippen LogP contribution is 2.27. The van der Waals surface area contributed by atoms with Crippen molar-refractivity contribution >= 4 is 11.8 Å². The van der Waals surface area contributed by atoms with Crippen LogP contribution in [0.3, 0.4) is 0 Å². The molecule has 0 aromatic heterocycles. The summed E-state index contributed by atoms with van der Waals surface area (Å²) in [5.74, 6) is -0.293. The number of carbonyl (C=O) groups excluding carboxylic acids is 2. The summed E-state index contributed by atoms with van der Waals surface area (Å²) in [5.41, 5.74) is 5.48. The van der Waals surface area contributed by atoms with Crippen LogP contribution >= 0.6 is 0 Å². The molecule has 3 N–H and O–H groups in total. The monoisotopic (exact) mass is 255 g/mol. The Balaban J connectivity index is 2.57. The molecule has 0 aromatic carbocycles. The number of likely N-dealkylation sites (N-methyl/N-ethyl adjacent to an activating group) is 1. The molecule has 2 amide bonds. The lowest BCUT2D eigenvalue weighted by atomic mass is 9.81. The molecule has 1 fully saturated rings. The van der Waals surface area contributed by atoms with E-state index in [1.165, 1.54) is 0 Å². The molecule has 5 heteroatoms. The summed E-state index contributed by atoms with van der Waals surface area (Å²) in [7, 11) is 3.33. The minimum absolute atomic E-state index is 0.0297. The summed E-state index contributed by atoms with van der Waals surface area (Å²) in [6.45, 7) is 2.23. The van der Waals surface area contributed by atoms with Crippen LogP contribution < -0.4 is 11.1 Å². The van der Waals surface area contributed by atoms with Gasteiger partial charge in [0, 0.05) is 20.6 Å². The zero-order valence-electron chi connectivity index (χ0n) is 11.7. The van der Waals surface area contributed by atoms with Crippen LogP contribution in [0.1, 0.15) is 39.0 Å². The van der Waals surface area contributed by atoms with Crippen molar-refractivity contribution in [3.8, 4) is 0 Å². The van der Waals surface area contributed by atoms with Gasteiger partial charge in [0.2, 0.25) is 11.8 Å². The molecule has 18 heavy (non-hydrogen) atoms. The molecule has 1 rings (SSSR count). The molecule has 1 aliphatic carbocycles. The number of hydrogen-bond acceptors (Lipinski definition) is 3. The molecule has 5 nitrogen and oxygen atoms in total. The van der Waals surface area contributed by atoms with Crippen LogP contribution in [0.2, 0.25) is 0 Å². The third kappa shape index (κ3) is 3.45. The lowest BCUT2D eigenvalue weighted by molar-refractivity contribution is -0.138. The standard InChI is InChI=1S/C13H25N3O2/c1-10(11(17)15-2)9-16(3)12(18)13(14)7-5-4-6-8-13/h10H,4-9,14H2,1-3H3,(H,15,17). The molecule has 0 bridgehead atoms. The van der Waals surface area contributed by atoms with Crippen molar-refractivity contribution < 1.29 is 9.59 Å². The van der Waals surface area contributed by atoms with Gasteiger partial charge in [-0.1, -0.05) is 26.2 Å². The van der Waals surface area contributed by atoms with Gasteiger partial charge in [-0.3, -0.25) is 9.59 Å². The smallest absolute Gasteiger partial charge is 0.242 e. The first-order chi connectivity index (χ1) is 8.40. The van der Waals surface area contributed by atoms with Crippen LogP contribution in [0.25, 0.3) is 0 Å². The maximum atomic E-state index is 12.3. The highest BCUT2D eigenvalue weighted by Gasteiger charge is 2.37. The largest absolute Gasteiger partial charge is 0.359 e. The minimum Gasteiger partial charge on any atom is -0.359 e. The topological polar surface area (TPSA) is 75.4 Å². The molecule has 1 aliphatic rings. The second-order valence-electron chi connectivity index (χ2n) is 5.42. The van der Waals surface area contributed by atoms with E-state index in [-0.39, 0.29) is 17.7 Å². The van der Waals surface area contributed by atoms with E-state index in [1.54, 1.807) is 19.0 Å². The van der Waals surface area contributed by atoms with Crippen molar-refractivity contribution in [3.05, 3.63) is 0 Å². The first-order valence-electron chi connectivity index (χ1n) is 6.67. The van der Waals surface area contributed by atoms with Crippen LogP contribution in [0.5, 0.6) is 0 Å². The first-order valence-corrected chi connectivity index (χ1v) is 6.67. The average molecular weight is 255 g/mol. The summed E-state index contributed by atoms with van der Waals surface area (Å²) in [6.07, 6.45) is 4.70. The third-order valence-electron chi connectivity index (χ3n) is 3.76. The van der Waals surface area contributed by atoms with Crippen LogP contribution in [0.4, 0.5) is 0 Å². The number of rotatable bonds is 4. The number of nitrogens with zero attached hydrogens (tertiary/aromatic N) is 1. The maximum absolute atomic E-state index is 12.3. The van der Waals surface area contributed by atoms with E-state index in [4.69, 9.17) is 5.73 Å². The van der Waals surface area contributed by atoms with Gasteiger partial charge in [0.15, 0.2) is 0 Å². The van der Waals surface area contributed by atoms with Gasteiger partial charge in [0.1, 0.15) is 0 Å². The van der Waals surface area contributed by atoms with Crippen molar-refractivity contribution in [2.45, 2.75) is 44.6 Å². The fraction of sp³-hybridized carbons (Fsp3) is 0.846. The molecule has 0 radical (unpaired) electrons. The molecule has 0 heterocycles. The molecule has 0 spiro atoms. The molecule has 1 atom stereocenters. The van der Waals surface area contributed by atoms with E-state index < -0.39 is 5.54 Å². The Morgan fingerprint density at radius 2 is 1.89 bits per heavy atom. The van der Waals surface area contributed by atoms with Gasteiger partial charge >= 0.3 is 0 Å². The lowest BCUT2D eigenvalue weighted by Gasteiger charge is -2.36. The van der Waals surface area contributed by atoms with E-state index in [0.29, 0.717) is 6.54 Å². The fourth-order valence-corrected chi connectivity index (χ4v) is 2.60. The molecule has 0 aromatic rings. The number of hydrogen-bond donors (Lipinski definition) is 2. The Bertz CT molecular complexity index is 311. The Kier molecular flexibility index (Phi) is 5.14. The van der Waals surface area contributed by atoms with E-state index in [2.05, 4.69) is 5.32 Å².